The van der Waals surface area contributed by atoms with Crippen LogP contribution >= 0.6 is 11.6 Å². The summed E-state index contributed by atoms with van der Waals surface area (Å²) in [4.78, 5) is 0. The number of rotatable bonds is 5. The third kappa shape index (κ3) is 3.87. The van der Waals surface area contributed by atoms with Gasteiger partial charge < -0.3 is 14.9 Å². The second kappa shape index (κ2) is 6.24. The van der Waals surface area contributed by atoms with Crippen LogP contribution < -0.4 is 4.74 Å². The Hall–Kier alpha value is -0.770. The van der Waals surface area contributed by atoms with E-state index >= 15 is 0 Å². The van der Waals surface area contributed by atoms with Crippen LogP contribution in [0.1, 0.15) is 31.7 Å². The lowest BCUT2D eigenvalue weighted by atomic mass is 9.92. The van der Waals surface area contributed by atoms with Crippen molar-refractivity contribution in [3.8, 4) is 5.75 Å². The molecule has 0 saturated carbocycles. The SMILES string of the molecule is COc1ccc(Cl)cc1C(C)CC(O)C(C)O. The van der Waals surface area contributed by atoms with Crippen LogP contribution in [0.5, 0.6) is 5.75 Å². The topological polar surface area (TPSA) is 49.7 Å². The molecule has 0 saturated heterocycles. The summed E-state index contributed by atoms with van der Waals surface area (Å²) in [5.74, 6) is 0.813. The number of hydrogen-bond acceptors (Lipinski definition) is 3. The van der Waals surface area contributed by atoms with Crippen molar-refractivity contribution in [2.24, 2.45) is 0 Å². The molecular formula is C13H19ClO3. The number of ether oxygens (including phenoxy) is 1. The highest BCUT2D eigenvalue weighted by molar-refractivity contribution is 6.30. The average Bonchev–Trinajstić information content (AvgIpc) is 2.28. The molecule has 0 amide bonds. The van der Waals surface area contributed by atoms with Gasteiger partial charge in [0.2, 0.25) is 0 Å². The first-order valence-electron chi connectivity index (χ1n) is 5.65. The number of halogens is 1. The van der Waals surface area contributed by atoms with Crippen molar-refractivity contribution in [3.63, 3.8) is 0 Å². The maximum atomic E-state index is 9.67. The van der Waals surface area contributed by atoms with Gasteiger partial charge in [0, 0.05) is 5.02 Å². The smallest absolute Gasteiger partial charge is 0.122 e. The Balaban J connectivity index is 2.87. The first-order valence-corrected chi connectivity index (χ1v) is 6.03. The van der Waals surface area contributed by atoms with E-state index in [-0.39, 0.29) is 5.92 Å². The molecule has 96 valence electrons. The molecule has 3 unspecified atom stereocenters. The maximum Gasteiger partial charge on any atom is 0.122 e. The normalized spacial score (nSPS) is 16.4. The first-order chi connectivity index (χ1) is 7.95. The Labute approximate surface area is 107 Å². The molecule has 0 aromatic heterocycles. The Morgan fingerprint density at radius 1 is 1.29 bits per heavy atom. The zero-order valence-electron chi connectivity index (χ0n) is 10.4. The zero-order chi connectivity index (χ0) is 13.0. The largest absolute Gasteiger partial charge is 0.496 e. The van der Waals surface area contributed by atoms with Crippen LogP contribution in [0.4, 0.5) is 0 Å². The van der Waals surface area contributed by atoms with Crippen molar-refractivity contribution in [1.29, 1.82) is 0 Å². The molecule has 4 heteroatoms. The van der Waals surface area contributed by atoms with Crippen molar-refractivity contribution < 1.29 is 14.9 Å². The predicted octanol–water partition coefficient (Wildman–Crippen LogP) is 2.58. The van der Waals surface area contributed by atoms with E-state index in [1.165, 1.54) is 0 Å². The van der Waals surface area contributed by atoms with Crippen LogP contribution in [-0.4, -0.2) is 29.5 Å². The van der Waals surface area contributed by atoms with Gasteiger partial charge in [-0.2, -0.15) is 0 Å². The van der Waals surface area contributed by atoms with E-state index in [2.05, 4.69) is 0 Å². The number of benzene rings is 1. The summed E-state index contributed by atoms with van der Waals surface area (Å²) >= 11 is 5.95. The average molecular weight is 259 g/mol. The van der Waals surface area contributed by atoms with Gasteiger partial charge in [-0.3, -0.25) is 0 Å². The van der Waals surface area contributed by atoms with Gasteiger partial charge in [0.15, 0.2) is 0 Å². The second-order valence-electron chi connectivity index (χ2n) is 4.33. The van der Waals surface area contributed by atoms with E-state index in [1.54, 1.807) is 20.1 Å². The van der Waals surface area contributed by atoms with Crippen molar-refractivity contribution in [3.05, 3.63) is 28.8 Å². The van der Waals surface area contributed by atoms with Crippen LogP contribution in [-0.2, 0) is 0 Å². The lowest BCUT2D eigenvalue weighted by Crippen LogP contribution is -2.24. The summed E-state index contributed by atoms with van der Waals surface area (Å²) in [7, 11) is 1.60. The molecule has 0 aliphatic rings. The summed E-state index contributed by atoms with van der Waals surface area (Å²) in [6.45, 7) is 3.55. The molecule has 0 bridgehead atoms. The van der Waals surface area contributed by atoms with Gasteiger partial charge in [-0.1, -0.05) is 18.5 Å². The van der Waals surface area contributed by atoms with E-state index in [4.69, 9.17) is 16.3 Å². The van der Waals surface area contributed by atoms with Gasteiger partial charge in [-0.05, 0) is 43.0 Å². The minimum absolute atomic E-state index is 0.0632. The molecule has 0 aliphatic heterocycles. The molecule has 0 fully saturated rings. The number of methoxy groups -OCH3 is 1. The minimum atomic E-state index is -0.742. The van der Waals surface area contributed by atoms with E-state index in [1.807, 2.05) is 19.1 Å². The molecule has 1 rings (SSSR count). The molecule has 3 atom stereocenters. The monoisotopic (exact) mass is 258 g/mol. The Kier molecular flexibility index (Phi) is 5.25. The molecule has 0 radical (unpaired) electrons. The van der Waals surface area contributed by atoms with Crippen LogP contribution in [0.15, 0.2) is 18.2 Å². The van der Waals surface area contributed by atoms with Gasteiger partial charge in [0.05, 0.1) is 19.3 Å². The summed E-state index contributed by atoms with van der Waals surface area (Å²) in [5.41, 5.74) is 0.944. The molecule has 0 heterocycles. The molecule has 1 aromatic rings. The fourth-order valence-corrected chi connectivity index (χ4v) is 1.96. The van der Waals surface area contributed by atoms with Crippen LogP contribution in [0.2, 0.25) is 5.02 Å². The van der Waals surface area contributed by atoms with Crippen LogP contribution in [0, 0.1) is 0 Å². The highest BCUT2D eigenvalue weighted by Crippen LogP contribution is 2.32. The molecular weight excluding hydrogens is 240 g/mol. The number of aliphatic hydroxyl groups is 2. The third-order valence-corrected chi connectivity index (χ3v) is 3.11. The van der Waals surface area contributed by atoms with E-state index in [9.17, 15) is 10.2 Å². The lowest BCUT2D eigenvalue weighted by molar-refractivity contribution is 0.0226. The number of hydrogen-bond donors (Lipinski definition) is 2. The van der Waals surface area contributed by atoms with Crippen LogP contribution in [0.25, 0.3) is 0 Å². The lowest BCUT2D eigenvalue weighted by Gasteiger charge is -2.20. The summed E-state index contributed by atoms with van der Waals surface area (Å²) in [6, 6.07) is 5.41. The Morgan fingerprint density at radius 2 is 1.94 bits per heavy atom. The standard InChI is InChI=1S/C13H19ClO3/c1-8(6-12(16)9(2)15)11-7-10(14)4-5-13(11)17-3/h4-5,7-9,12,15-16H,6H2,1-3H3. The molecule has 0 aliphatic carbocycles. The van der Waals surface area contributed by atoms with Gasteiger partial charge in [0.1, 0.15) is 5.75 Å². The molecule has 1 aromatic carbocycles. The minimum Gasteiger partial charge on any atom is -0.496 e. The van der Waals surface area contributed by atoms with Crippen molar-refractivity contribution in [2.45, 2.75) is 38.4 Å². The van der Waals surface area contributed by atoms with Crippen molar-refractivity contribution >= 4 is 11.6 Å². The van der Waals surface area contributed by atoms with Crippen molar-refractivity contribution in [1.82, 2.24) is 0 Å². The van der Waals surface area contributed by atoms with Gasteiger partial charge >= 0.3 is 0 Å². The highest BCUT2D eigenvalue weighted by atomic mass is 35.5. The summed E-state index contributed by atoms with van der Waals surface area (Å²) in [6.07, 6.45) is -1.01. The fraction of sp³-hybridized carbons (Fsp3) is 0.538. The quantitative estimate of drug-likeness (QED) is 0.854. The van der Waals surface area contributed by atoms with Gasteiger partial charge in [-0.15, -0.1) is 0 Å². The Morgan fingerprint density at radius 3 is 2.47 bits per heavy atom. The maximum absolute atomic E-state index is 9.67. The zero-order valence-corrected chi connectivity index (χ0v) is 11.1. The molecule has 3 nitrogen and oxygen atoms in total. The van der Waals surface area contributed by atoms with E-state index < -0.39 is 12.2 Å². The number of aliphatic hydroxyl groups excluding tert-OH is 2. The van der Waals surface area contributed by atoms with Crippen LogP contribution in [0.3, 0.4) is 0 Å². The van der Waals surface area contributed by atoms with E-state index in [0.717, 1.165) is 11.3 Å². The second-order valence-corrected chi connectivity index (χ2v) is 4.77. The molecule has 0 spiro atoms. The molecule has 17 heavy (non-hydrogen) atoms. The van der Waals surface area contributed by atoms with E-state index in [0.29, 0.717) is 11.4 Å². The fourth-order valence-electron chi connectivity index (χ4n) is 1.78. The molecule has 2 N–H and O–H groups in total. The summed E-state index contributed by atoms with van der Waals surface area (Å²) < 4.78 is 5.26. The van der Waals surface area contributed by atoms with Gasteiger partial charge in [0.25, 0.3) is 0 Å². The van der Waals surface area contributed by atoms with Crippen molar-refractivity contribution in [2.75, 3.05) is 7.11 Å². The third-order valence-electron chi connectivity index (χ3n) is 2.87. The highest BCUT2D eigenvalue weighted by Gasteiger charge is 2.19. The summed E-state index contributed by atoms with van der Waals surface area (Å²) in [5, 5.41) is 19.6. The van der Waals surface area contributed by atoms with Gasteiger partial charge in [-0.25, -0.2) is 0 Å². The predicted molar refractivity (Wildman–Crippen MR) is 68.7 cm³/mol. The first kappa shape index (κ1) is 14.3. The Bertz CT molecular complexity index is 366.